The molecule has 0 saturated carbocycles. The Morgan fingerprint density at radius 3 is 2.44 bits per heavy atom. The molecule has 1 aliphatic heterocycles. The number of anilines is 1. The van der Waals surface area contributed by atoms with Crippen molar-refractivity contribution in [3.8, 4) is 0 Å². The molecule has 0 saturated heterocycles. The Morgan fingerprint density at radius 1 is 1.07 bits per heavy atom. The zero-order chi connectivity index (χ0) is 19.4. The largest absolute Gasteiger partial charge is 0.375 e. The summed E-state index contributed by atoms with van der Waals surface area (Å²) < 4.78 is 25.5. The second-order valence-electron chi connectivity index (χ2n) is 6.27. The lowest BCUT2D eigenvalue weighted by Crippen LogP contribution is -2.41. The maximum Gasteiger partial charge on any atom is 0.269 e. The first-order valence-electron chi connectivity index (χ1n) is 8.60. The summed E-state index contributed by atoms with van der Waals surface area (Å²) >= 11 is 0. The highest BCUT2D eigenvalue weighted by Crippen LogP contribution is 2.29. The van der Waals surface area contributed by atoms with Gasteiger partial charge >= 0.3 is 0 Å². The predicted molar refractivity (Wildman–Crippen MR) is 102 cm³/mol. The number of carbonyl (C=O) groups excluding carboxylic acids is 2. The van der Waals surface area contributed by atoms with E-state index in [-0.39, 0.29) is 10.5 Å². The Hall–Kier alpha value is -2.87. The predicted octanol–water partition coefficient (Wildman–Crippen LogP) is 1.47. The number of benzene rings is 2. The molecule has 0 radical (unpaired) electrons. The van der Waals surface area contributed by atoms with Gasteiger partial charge in [-0.1, -0.05) is 30.3 Å². The van der Waals surface area contributed by atoms with Gasteiger partial charge in [0.15, 0.2) is 0 Å². The first-order chi connectivity index (χ1) is 12.9. The van der Waals surface area contributed by atoms with Crippen LogP contribution in [0.15, 0.2) is 59.5 Å². The zero-order valence-electron chi connectivity index (χ0n) is 15.0. The third kappa shape index (κ3) is 3.95. The number of fused-ring (bicyclic) bond motifs is 1. The van der Waals surface area contributed by atoms with E-state index in [1.165, 1.54) is 12.1 Å². The number of para-hydroxylation sites is 1. The molecule has 142 valence electrons. The van der Waals surface area contributed by atoms with Gasteiger partial charge in [0.25, 0.3) is 15.9 Å². The summed E-state index contributed by atoms with van der Waals surface area (Å²) in [5.41, 5.74) is 1.19. The van der Waals surface area contributed by atoms with Gasteiger partial charge < -0.3 is 10.2 Å². The van der Waals surface area contributed by atoms with Gasteiger partial charge in [0.1, 0.15) is 11.4 Å². The molecule has 3 rings (SSSR count). The molecule has 0 aliphatic carbocycles. The van der Waals surface area contributed by atoms with Crippen molar-refractivity contribution in [3.05, 3.63) is 60.2 Å². The Bertz CT molecular complexity index is 944. The Morgan fingerprint density at radius 2 is 1.74 bits per heavy atom. The van der Waals surface area contributed by atoms with Gasteiger partial charge in [-0.05, 0) is 30.7 Å². The van der Waals surface area contributed by atoms with Crippen LogP contribution in [-0.2, 0) is 14.8 Å². The first-order valence-corrected chi connectivity index (χ1v) is 10.0. The minimum Gasteiger partial charge on any atom is -0.375 e. The molecule has 0 aromatic heterocycles. The van der Waals surface area contributed by atoms with Gasteiger partial charge in [0.05, 0.1) is 5.56 Å². The van der Waals surface area contributed by atoms with E-state index in [0.717, 1.165) is 12.2 Å². The number of nitrogens with zero attached hydrogens (tertiary/aromatic N) is 2. The molecule has 2 amide bonds. The van der Waals surface area contributed by atoms with Crippen molar-refractivity contribution in [2.75, 3.05) is 31.6 Å². The van der Waals surface area contributed by atoms with Gasteiger partial charge in [0, 0.05) is 25.8 Å². The van der Waals surface area contributed by atoms with Crippen molar-refractivity contribution in [2.24, 2.45) is 0 Å². The summed E-state index contributed by atoms with van der Waals surface area (Å²) in [6.45, 7) is 0.617. The summed E-state index contributed by atoms with van der Waals surface area (Å²) in [7, 11) is -1.99. The molecule has 7 nitrogen and oxygen atoms in total. The van der Waals surface area contributed by atoms with Crippen LogP contribution >= 0.6 is 0 Å². The summed E-state index contributed by atoms with van der Waals surface area (Å²) in [5, 5.41) is 2.68. The van der Waals surface area contributed by atoms with Crippen LogP contribution in [0.1, 0.15) is 16.8 Å². The lowest BCUT2D eigenvalue weighted by Gasteiger charge is -2.19. The van der Waals surface area contributed by atoms with E-state index < -0.39 is 28.4 Å². The molecular formula is C19H21N3O4S. The van der Waals surface area contributed by atoms with Crippen LogP contribution < -0.4 is 10.2 Å². The van der Waals surface area contributed by atoms with Gasteiger partial charge in [-0.2, -0.15) is 0 Å². The molecule has 1 aliphatic rings. The Kier molecular flexibility index (Phi) is 5.46. The highest BCUT2D eigenvalue weighted by Gasteiger charge is 2.41. The van der Waals surface area contributed by atoms with Crippen LogP contribution in [0.25, 0.3) is 0 Å². The van der Waals surface area contributed by atoms with Gasteiger partial charge in [0.2, 0.25) is 5.91 Å². The maximum absolute atomic E-state index is 12.4. The van der Waals surface area contributed by atoms with Crippen LogP contribution in [0.3, 0.4) is 0 Å². The third-order valence-corrected chi connectivity index (χ3v) is 6.18. The molecule has 27 heavy (non-hydrogen) atoms. The number of nitrogens with one attached hydrogen (secondary N) is 1. The molecule has 1 heterocycles. The molecule has 0 fully saturated rings. The molecule has 0 bridgehead atoms. The Labute approximate surface area is 158 Å². The van der Waals surface area contributed by atoms with E-state index in [1.807, 2.05) is 37.4 Å². The fourth-order valence-corrected chi connectivity index (χ4v) is 4.45. The molecule has 2 aromatic rings. The van der Waals surface area contributed by atoms with Crippen LogP contribution in [0.2, 0.25) is 0 Å². The second-order valence-corrected chi connectivity index (χ2v) is 8.10. The van der Waals surface area contributed by atoms with Crippen LogP contribution in [0, 0.1) is 0 Å². The fraction of sp³-hybridized carbons (Fsp3) is 0.263. The van der Waals surface area contributed by atoms with E-state index in [2.05, 4.69) is 10.2 Å². The van der Waals surface area contributed by atoms with Gasteiger partial charge in [-0.15, -0.1) is 0 Å². The average Bonchev–Trinajstić information content (AvgIpc) is 2.87. The average molecular weight is 387 g/mol. The number of carbonyl (C=O) groups is 2. The lowest BCUT2D eigenvalue weighted by molar-refractivity contribution is -0.121. The van der Waals surface area contributed by atoms with E-state index in [0.29, 0.717) is 17.3 Å². The van der Waals surface area contributed by atoms with Crippen molar-refractivity contribution >= 4 is 27.5 Å². The Balaban J connectivity index is 1.50. The number of hydrogen-bond acceptors (Lipinski definition) is 5. The second kappa shape index (κ2) is 7.79. The van der Waals surface area contributed by atoms with E-state index >= 15 is 0 Å². The third-order valence-electron chi connectivity index (χ3n) is 4.39. The van der Waals surface area contributed by atoms with Crippen molar-refractivity contribution in [3.63, 3.8) is 0 Å². The van der Waals surface area contributed by atoms with Crippen LogP contribution in [0.5, 0.6) is 0 Å². The van der Waals surface area contributed by atoms with Gasteiger partial charge in [-0.3, -0.25) is 9.59 Å². The number of amides is 2. The van der Waals surface area contributed by atoms with E-state index in [1.54, 1.807) is 12.1 Å². The molecule has 0 atom stereocenters. The topological polar surface area (TPSA) is 86.8 Å². The number of rotatable bonds is 7. The number of hydrogen-bond donors (Lipinski definition) is 1. The molecule has 0 unspecified atom stereocenters. The standard InChI is InChI=1S/C19H21N3O4S/c1-21(15-8-3-2-4-9-15)13-7-12-20-18(23)14-22-19(24)16-10-5-6-11-17(16)27(22,25)26/h2-6,8-11H,7,12-14H2,1H3,(H,20,23). The van der Waals surface area contributed by atoms with Crippen molar-refractivity contribution in [1.82, 2.24) is 9.62 Å². The lowest BCUT2D eigenvalue weighted by atomic mass is 10.2. The molecule has 0 spiro atoms. The zero-order valence-corrected chi connectivity index (χ0v) is 15.8. The van der Waals surface area contributed by atoms with E-state index in [4.69, 9.17) is 0 Å². The van der Waals surface area contributed by atoms with Crippen LogP contribution in [0.4, 0.5) is 5.69 Å². The van der Waals surface area contributed by atoms with E-state index in [9.17, 15) is 18.0 Å². The summed E-state index contributed by atoms with van der Waals surface area (Å²) in [5.74, 6) is -1.16. The minimum absolute atomic E-state index is 0.0488. The fourth-order valence-electron chi connectivity index (χ4n) is 2.93. The smallest absolute Gasteiger partial charge is 0.269 e. The minimum atomic E-state index is -3.96. The molecule has 8 heteroatoms. The van der Waals surface area contributed by atoms with Crippen LogP contribution in [-0.4, -0.2) is 51.2 Å². The normalized spacial score (nSPS) is 14.7. The SMILES string of the molecule is CN(CCCNC(=O)CN1C(=O)c2ccccc2S1(=O)=O)c1ccccc1. The maximum atomic E-state index is 12.4. The summed E-state index contributed by atoms with van der Waals surface area (Å²) in [6, 6.07) is 15.8. The summed E-state index contributed by atoms with van der Waals surface area (Å²) in [6.07, 6.45) is 0.693. The monoisotopic (exact) mass is 387 g/mol. The first kappa shape index (κ1) is 18.9. The molecular weight excluding hydrogens is 366 g/mol. The molecule has 1 N–H and O–H groups in total. The summed E-state index contributed by atoms with van der Waals surface area (Å²) in [4.78, 5) is 26.4. The van der Waals surface area contributed by atoms with Crippen molar-refractivity contribution in [2.45, 2.75) is 11.3 Å². The molecule has 2 aromatic carbocycles. The quantitative estimate of drug-likeness (QED) is 0.727. The highest BCUT2D eigenvalue weighted by atomic mass is 32.2. The van der Waals surface area contributed by atoms with Crippen molar-refractivity contribution < 1.29 is 18.0 Å². The van der Waals surface area contributed by atoms with Gasteiger partial charge in [-0.25, -0.2) is 12.7 Å². The number of sulfonamides is 1. The highest BCUT2D eigenvalue weighted by molar-refractivity contribution is 7.90. The van der Waals surface area contributed by atoms with Crippen molar-refractivity contribution in [1.29, 1.82) is 0 Å².